The molecule has 1 N–H and O–H groups in total. The van der Waals surface area contributed by atoms with E-state index in [-0.39, 0.29) is 30.7 Å². The fourth-order valence-corrected chi connectivity index (χ4v) is 3.91. The highest BCUT2D eigenvalue weighted by atomic mass is 32.1. The molecule has 30 heavy (non-hydrogen) atoms. The summed E-state index contributed by atoms with van der Waals surface area (Å²) in [5.41, 5.74) is 1.43. The Morgan fingerprint density at radius 1 is 0.900 bits per heavy atom. The van der Waals surface area contributed by atoms with Gasteiger partial charge in [0.15, 0.2) is 0 Å². The normalized spacial score (nSPS) is 13.7. The third-order valence-electron chi connectivity index (χ3n) is 4.62. The maximum atomic E-state index is 13.1. The highest BCUT2D eigenvalue weighted by Gasteiger charge is 2.39. The maximum Gasteiger partial charge on any atom is 0.278 e. The summed E-state index contributed by atoms with van der Waals surface area (Å²) in [6.07, 6.45) is 0. The van der Waals surface area contributed by atoms with Gasteiger partial charge in [0.05, 0.1) is 19.2 Å². The van der Waals surface area contributed by atoms with Gasteiger partial charge in [0.25, 0.3) is 11.8 Å². The van der Waals surface area contributed by atoms with E-state index >= 15 is 0 Å². The lowest BCUT2D eigenvalue weighted by molar-refractivity contribution is -0.137. The second-order valence-electron chi connectivity index (χ2n) is 6.50. The number of hydrogen-bond donors (Lipinski definition) is 1. The van der Waals surface area contributed by atoms with Gasteiger partial charge in [-0.2, -0.15) is 0 Å². The maximum absolute atomic E-state index is 13.1. The number of nitrogens with zero attached hydrogens (tertiary/aromatic N) is 1. The Labute approximate surface area is 178 Å². The minimum atomic E-state index is -0.356. The molecule has 0 unspecified atom stereocenters. The summed E-state index contributed by atoms with van der Waals surface area (Å²) >= 11 is 1.43. The van der Waals surface area contributed by atoms with Crippen molar-refractivity contribution in [2.75, 3.05) is 25.6 Å². The van der Waals surface area contributed by atoms with Gasteiger partial charge < -0.3 is 14.8 Å². The third kappa shape index (κ3) is 4.06. The van der Waals surface area contributed by atoms with Gasteiger partial charge in [-0.3, -0.25) is 14.5 Å². The number of nitrogens with one attached hydrogen (secondary N) is 1. The molecule has 0 fully saturated rings. The minimum absolute atomic E-state index is 0.151. The Hall–Kier alpha value is -3.58. The number of rotatable bonds is 8. The first kappa shape index (κ1) is 19.7. The van der Waals surface area contributed by atoms with Crippen LogP contribution in [0, 0.1) is 0 Å². The number of methoxy groups -OCH3 is 1. The molecule has 0 saturated heterocycles. The molecule has 0 spiro atoms. The molecule has 0 radical (unpaired) electrons. The van der Waals surface area contributed by atoms with E-state index in [0.29, 0.717) is 11.3 Å². The molecule has 3 aromatic rings. The van der Waals surface area contributed by atoms with Crippen molar-refractivity contribution in [3.8, 4) is 11.5 Å². The molecular formula is C23H20N2O4S. The quantitative estimate of drug-likeness (QED) is 0.558. The molecule has 0 saturated carbocycles. The number of hydrogen-bond acceptors (Lipinski definition) is 6. The number of thiophene rings is 1. The second kappa shape index (κ2) is 8.84. The Morgan fingerprint density at radius 2 is 1.63 bits per heavy atom. The molecule has 1 aliphatic heterocycles. The highest BCUT2D eigenvalue weighted by Crippen LogP contribution is 2.32. The molecule has 1 aliphatic rings. The fraction of sp³-hybridized carbons (Fsp3) is 0.130. The Balaban J connectivity index is 1.50. The minimum Gasteiger partial charge on any atom is -0.497 e. The van der Waals surface area contributed by atoms with E-state index < -0.39 is 0 Å². The van der Waals surface area contributed by atoms with E-state index in [1.54, 1.807) is 31.4 Å². The standard InChI is InChI=1S/C23H20N2O4S/c1-28-17-9-11-18(12-10-17)29-14-13-25-22(26)20(19-8-5-15-30-19)21(23(25)27)24-16-6-3-2-4-7-16/h2-12,15,24H,13-14H2,1H3. The lowest BCUT2D eigenvalue weighted by Crippen LogP contribution is -2.35. The van der Waals surface area contributed by atoms with E-state index in [1.165, 1.54) is 16.2 Å². The number of carbonyl (C=O) groups excluding carboxylic acids is 2. The monoisotopic (exact) mass is 420 g/mol. The average molecular weight is 420 g/mol. The van der Waals surface area contributed by atoms with Crippen molar-refractivity contribution in [3.05, 3.63) is 82.7 Å². The Morgan fingerprint density at radius 3 is 2.30 bits per heavy atom. The highest BCUT2D eigenvalue weighted by molar-refractivity contribution is 7.11. The van der Waals surface area contributed by atoms with Crippen molar-refractivity contribution in [2.45, 2.75) is 0 Å². The predicted molar refractivity (Wildman–Crippen MR) is 117 cm³/mol. The van der Waals surface area contributed by atoms with Crippen LogP contribution in [0.15, 0.2) is 77.8 Å². The number of ether oxygens (including phenoxy) is 2. The van der Waals surface area contributed by atoms with Gasteiger partial charge in [0.1, 0.15) is 23.8 Å². The molecule has 0 atom stereocenters. The number of benzene rings is 2. The summed E-state index contributed by atoms with van der Waals surface area (Å²) in [5, 5.41) is 5.01. The molecule has 0 aliphatic carbocycles. The van der Waals surface area contributed by atoms with Crippen molar-refractivity contribution < 1.29 is 19.1 Å². The van der Waals surface area contributed by atoms with Crippen LogP contribution in [0.25, 0.3) is 5.57 Å². The van der Waals surface area contributed by atoms with Crippen LogP contribution >= 0.6 is 11.3 Å². The summed E-state index contributed by atoms with van der Waals surface area (Å²) < 4.78 is 10.8. The lowest BCUT2D eigenvalue weighted by Gasteiger charge is -2.16. The lowest BCUT2D eigenvalue weighted by atomic mass is 10.2. The summed E-state index contributed by atoms with van der Waals surface area (Å²) in [6.45, 7) is 0.346. The zero-order chi connectivity index (χ0) is 20.9. The van der Waals surface area contributed by atoms with Crippen LogP contribution in [-0.2, 0) is 9.59 Å². The van der Waals surface area contributed by atoms with Crippen LogP contribution in [0.3, 0.4) is 0 Å². The van der Waals surface area contributed by atoms with Gasteiger partial charge in [-0.15, -0.1) is 11.3 Å². The molecule has 2 amide bonds. The van der Waals surface area contributed by atoms with Gasteiger partial charge in [-0.1, -0.05) is 24.3 Å². The summed E-state index contributed by atoms with van der Waals surface area (Å²) in [4.78, 5) is 28.1. The summed E-state index contributed by atoms with van der Waals surface area (Å²) in [6, 6.07) is 20.2. The fourth-order valence-electron chi connectivity index (χ4n) is 3.14. The summed E-state index contributed by atoms with van der Waals surface area (Å²) in [7, 11) is 1.60. The first-order valence-electron chi connectivity index (χ1n) is 9.40. The van der Waals surface area contributed by atoms with E-state index in [1.807, 2.05) is 47.8 Å². The average Bonchev–Trinajstić information content (AvgIpc) is 3.38. The Bertz CT molecular complexity index is 1060. The molecule has 1 aromatic heterocycles. The molecule has 4 rings (SSSR count). The van der Waals surface area contributed by atoms with E-state index in [2.05, 4.69) is 5.32 Å². The van der Waals surface area contributed by atoms with Gasteiger partial charge in [0.2, 0.25) is 0 Å². The van der Waals surface area contributed by atoms with Gasteiger partial charge in [0, 0.05) is 10.6 Å². The van der Waals surface area contributed by atoms with Crippen LogP contribution < -0.4 is 14.8 Å². The van der Waals surface area contributed by atoms with Gasteiger partial charge >= 0.3 is 0 Å². The Kier molecular flexibility index (Phi) is 5.81. The van der Waals surface area contributed by atoms with Crippen molar-refractivity contribution in [1.82, 2.24) is 4.90 Å². The van der Waals surface area contributed by atoms with Crippen molar-refractivity contribution in [3.63, 3.8) is 0 Å². The zero-order valence-corrected chi connectivity index (χ0v) is 17.1. The number of imide groups is 1. The van der Waals surface area contributed by atoms with Crippen LogP contribution in [0.4, 0.5) is 5.69 Å². The number of carbonyl (C=O) groups is 2. The molecule has 2 heterocycles. The topological polar surface area (TPSA) is 67.9 Å². The molecule has 152 valence electrons. The molecule has 2 aromatic carbocycles. The number of anilines is 1. The van der Waals surface area contributed by atoms with Crippen molar-refractivity contribution in [1.29, 1.82) is 0 Å². The van der Waals surface area contributed by atoms with Gasteiger partial charge in [-0.25, -0.2) is 0 Å². The number of amides is 2. The molecular weight excluding hydrogens is 400 g/mol. The summed E-state index contributed by atoms with van der Waals surface area (Å²) in [5.74, 6) is 0.697. The number of para-hydroxylation sites is 1. The van der Waals surface area contributed by atoms with E-state index in [4.69, 9.17) is 9.47 Å². The van der Waals surface area contributed by atoms with Crippen LogP contribution in [-0.4, -0.2) is 37.0 Å². The van der Waals surface area contributed by atoms with E-state index in [9.17, 15) is 9.59 Å². The van der Waals surface area contributed by atoms with Crippen LogP contribution in [0.5, 0.6) is 11.5 Å². The largest absolute Gasteiger partial charge is 0.497 e. The molecule has 0 bridgehead atoms. The molecule has 7 heteroatoms. The van der Waals surface area contributed by atoms with Crippen molar-refractivity contribution >= 4 is 34.4 Å². The first-order chi connectivity index (χ1) is 14.7. The third-order valence-corrected chi connectivity index (χ3v) is 5.51. The second-order valence-corrected chi connectivity index (χ2v) is 7.45. The van der Waals surface area contributed by atoms with Crippen molar-refractivity contribution in [2.24, 2.45) is 0 Å². The smallest absolute Gasteiger partial charge is 0.278 e. The predicted octanol–water partition coefficient (Wildman–Crippen LogP) is 4.03. The van der Waals surface area contributed by atoms with Gasteiger partial charge in [-0.05, 0) is 47.8 Å². The zero-order valence-electron chi connectivity index (χ0n) is 16.3. The molecule has 6 nitrogen and oxygen atoms in total. The van der Waals surface area contributed by atoms with Crippen LogP contribution in [0.2, 0.25) is 0 Å². The SMILES string of the molecule is COc1ccc(OCCN2C(=O)C(Nc3ccccc3)=C(c3cccs3)C2=O)cc1. The first-order valence-corrected chi connectivity index (χ1v) is 10.3. The van der Waals surface area contributed by atoms with E-state index in [0.717, 1.165) is 16.3 Å². The van der Waals surface area contributed by atoms with Crippen LogP contribution in [0.1, 0.15) is 4.88 Å².